The van der Waals surface area contributed by atoms with Crippen LogP contribution in [0.1, 0.15) is 5.56 Å². The molecule has 0 aliphatic rings. The summed E-state index contributed by atoms with van der Waals surface area (Å²) in [7, 11) is 0. The number of benzene rings is 1. The van der Waals surface area contributed by atoms with Gasteiger partial charge in [-0.3, -0.25) is 0 Å². The largest absolute Gasteiger partial charge is 0.304 e. The van der Waals surface area contributed by atoms with Gasteiger partial charge in [0.05, 0.1) is 12.6 Å². The molecule has 1 N–H and O–H groups in total. The van der Waals surface area contributed by atoms with E-state index in [-0.39, 0.29) is 0 Å². The molecule has 2 nitrogen and oxygen atoms in total. The van der Waals surface area contributed by atoms with Crippen LogP contribution in [0.5, 0.6) is 0 Å². The average Bonchev–Trinajstić information content (AvgIpc) is 2.15. The number of rotatable bonds is 4. The number of hydrogen-bond donors (Lipinski definition) is 1. The summed E-state index contributed by atoms with van der Waals surface area (Å²) in [5.74, 6) is 0. The molecule has 0 unspecified atom stereocenters. The van der Waals surface area contributed by atoms with Gasteiger partial charge in [0.25, 0.3) is 0 Å². The van der Waals surface area contributed by atoms with Crippen molar-refractivity contribution in [1.82, 2.24) is 5.32 Å². The number of nitriles is 1. The molecule has 0 aliphatic carbocycles. The first-order valence-corrected chi connectivity index (χ1v) is 5.01. The minimum Gasteiger partial charge on any atom is -0.304 e. The lowest BCUT2D eigenvalue weighted by atomic mass is 10.1. The summed E-state index contributed by atoms with van der Waals surface area (Å²) in [6.45, 7) is 1.11. The second-order valence-corrected chi connectivity index (χ2v) is 3.66. The van der Waals surface area contributed by atoms with Crippen LogP contribution in [-0.2, 0) is 6.42 Å². The predicted octanol–water partition coefficient (Wildman–Crippen LogP) is 2.65. The third kappa shape index (κ3) is 3.55. The SMILES string of the molecule is N#CCNCCc1ccc(Cl)cc1Cl. The zero-order valence-electron chi connectivity index (χ0n) is 7.56. The Labute approximate surface area is 93.4 Å². The Morgan fingerprint density at radius 1 is 1.36 bits per heavy atom. The first-order valence-electron chi connectivity index (χ1n) is 4.25. The Morgan fingerprint density at radius 3 is 2.79 bits per heavy atom. The Kier molecular flexibility index (Phi) is 4.75. The van der Waals surface area contributed by atoms with Crippen LogP contribution in [0.3, 0.4) is 0 Å². The third-order valence-corrected chi connectivity index (χ3v) is 2.38. The summed E-state index contributed by atoms with van der Waals surface area (Å²) < 4.78 is 0. The number of hydrogen-bond acceptors (Lipinski definition) is 2. The van der Waals surface area contributed by atoms with Crippen LogP contribution in [-0.4, -0.2) is 13.1 Å². The van der Waals surface area contributed by atoms with Crippen molar-refractivity contribution >= 4 is 23.2 Å². The van der Waals surface area contributed by atoms with Gasteiger partial charge in [-0.1, -0.05) is 29.3 Å². The molecule has 1 rings (SSSR count). The quantitative estimate of drug-likeness (QED) is 0.636. The molecule has 74 valence electrons. The topological polar surface area (TPSA) is 35.8 Å². The highest BCUT2D eigenvalue weighted by atomic mass is 35.5. The van der Waals surface area contributed by atoms with Crippen molar-refractivity contribution in [1.29, 1.82) is 5.26 Å². The van der Waals surface area contributed by atoms with E-state index in [1.165, 1.54) is 0 Å². The molecule has 0 amide bonds. The summed E-state index contributed by atoms with van der Waals surface area (Å²) >= 11 is 11.7. The van der Waals surface area contributed by atoms with Crippen molar-refractivity contribution in [2.45, 2.75) is 6.42 Å². The normalized spacial score (nSPS) is 9.79. The lowest BCUT2D eigenvalue weighted by Crippen LogP contribution is -2.17. The fourth-order valence-corrected chi connectivity index (χ4v) is 1.59. The van der Waals surface area contributed by atoms with Crippen molar-refractivity contribution in [3.05, 3.63) is 33.8 Å². The molecule has 14 heavy (non-hydrogen) atoms. The summed E-state index contributed by atoms with van der Waals surface area (Å²) in [5.41, 5.74) is 1.04. The van der Waals surface area contributed by atoms with Gasteiger partial charge in [0.15, 0.2) is 0 Å². The molecule has 1 aromatic carbocycles. The highest BCUT2D eigenvalue weighted by Crippen LogP contribution is 2.20. The minimum atomic E-state index is 0.366. The van der Waals surface area contributed by atoms with E-state index in [0.29, 0.717) is 16.6 Å². The van der Waals surface area contributed by atoms with E-state index in [4.69, 9.17) is 28.5 Å². The fourth-order valence-electron chi connectivity index (χ4n) is 1.09. The van der Waals surface area contributed by atoms with E-state index in [0.717, 1.165) is 18.5 Å². The van der Waals surface area contributed by atoms with Gasteiger partial charge in [-0.2, -0.15) is 5.26 Å². The van der Waals surface area contributed by atoms with E-state index < -0.39 is 0 Å². The Hall–Kier alpha value is -0.750. The maximum atomic E-state index is 8.30. The smallest absolute Gasteiger partial charge is 0.0841 e. The van der Waals surface area contributed by atoms with Crippen LogP contribution in [0.2, 0.25) is 10.0 Å². The van der Waals surface area contributed by atoms with Gasteiger partial charge in [0.2, 0.25) is 0 Å². The molecule has 0 aromatic heterocycles. The first kappa shape index (κ1) is 11.3. The average molecular weight is 229 g/mol. The van der Waals surface area contributed by atoms with Gasteiger partial charge in [0.1, 0.15) is 0 Å². The summed E-state index contributed by atoms with van der Waals surface area (Å²) in [4.78, 5) is 0. The van der Waals surface area contributed by atoms with Crippen LogP contribution in [0.4, 0.5) is 0 Å². The Bertz CT molecular complexity index is 344. The Morgan fingerprint density at radius 2 is 2.14 bits per heavy atom. The van der Waals surface area contributed by atoms with Gasteiger partial charge < -0.3 is 5.32 Å². The maximum absolute atomic E-state index is 8.30. The molecular formula is C10H10Cl2N2. The second kappa shape index (κ2) is 5.87. The van der Waals surface area contributed by atoms with Crippen LogP contribution in [0.25, 0.3) is 0 Å². The highest BCUT2D eigenvalue weighted by Gasteiger charge is 2.00. The minimum absolute atomic E-state index is 0.366. The third-order valence-electron chi connectivity index (χ3n) is 1.79. The molecule has 0 heterocycles. The van der Waals surface area contributed by atoms with Crippen LogP contribution >= 0.6 is 23.2 Å². The van der Waals surface area contributed by atoms with Crippen molar-refractivity contribution < 1.29 is 0 Å². The van der Waals surface area contributed by atoms with Crippen molar-refractivity contribution in [2.75, 3.05) is 13.1 Å². The lowest BCUT2D eigenvalue weighted by Gasteiger charge is -2.04. The van der Waals surface area contributed by atoms with E-state index >= 15 is 0 Å². The lowest BCUT2D eigenvalue weighted by molar-refractivity contribution is 0.749. The number of nitrogens with zero attached hydrogens (tertiary/aromatic N) is 1. The molecule has 0 radical (unpaired) electrons. The van der Waals surface area contributed by atoms with Gasteiger partial charge in [-0.05, 0) is 24.1 Å². The second-order valence-electron chi connectivity index (χ2n) is 2.82. The summed E-state index contributed by atoms with van der Waals surface area (Å²) in [6, 6.07) is 7.45. The molecule has 0 aliphatic heterocycles. The molecule has 0 spiro atoms. The van der Waals surface area contributed by atoms with Crippen molar-refractivity contribution in [3.8, 4) is 6.07 Å². The van der Waals surface area contributed by atoms with Gasteiger partial charge >= 0.3 is 0 Å². The van der Waals surface area contributed by atoms with Crippen molar-refractivity contribution in [3.63, 3.8) is 0 Å². The maximum Gasteiger partial charge on any atom is 0.0841 e. The molecule has 0 atom stereocenters. The Balaban J connectivity index is 2.47. The number of halogens is 2. The van der Waals surface area contributed by atoms with E-state index in [9.17, 15) is 0 Å². The molecule has 4 heteroatoms. The van der Waals surface area contributed by atoms with E-state index in [1.54, 1.807) is 6.07 Å². The van der Waals surface area contributed by atoms with Gasteiger partial charge in [0, 0.05) is 16.6 Å². The number of nitrogens with one attached hydrogen (secondary N) is 1. The van der Waals surface area contributed by atoms with Crippen LogP contribution in [0.15, 0.2) is 18.2 Å². The van der Waals surface area contributed by atoms with Crippen LogP contribution < -0.4 is 5.32 Å². The molecule has 0 bridgehead atoms. The standard InChI is InChI=1S/C10H10Cl2N2/c11-9-2-1-8(10(12)7-9)3-5-14-6-4-13/h1-2,7,14H,3,5-6H2. The molecule has 0 fully saturated rings. The van der Waals surface area contributed by atoms with Crippen LogP contribution in [0, 0.1) is 11.3 Å². The summed E-state index contributed by atoms with van der Waals surface area (Å²) in [5, 5.41) is 12.6. The van der Waals surface area contributed by atoms with E-state index in [2.05, 4.69) is 5.32 Å². The fraction of sp³-hybridized carbons (Fsp3) is 0.300. The van der Waals surface area contributed by atoms with Crippen molar-refractivity contribution in [2.24, 2.45) is 0 Å². The predicted molar refractivity (Wildman–Crippen MR) is 58.6 cm³/mol. The molecule has 1 aromatic rings. The monoisotopic (exact) mass is 228 g/mol. The molecular weight excluding hydrogens is 219 g/mol. The van der Waals surface area contributed by atoms with E-state index in [1.807, 2.05) is 18.2 Å². The zero-order valence-corrected chi connectivity index (χ0v) is 9.07. The molecule has 0 saturated carbocycles. The van der Waals surface area contributed by atoms with Gasteiger partial charge in [-0.25, -0.2) is 0 Å². The highest BCUT2D eigenvalue weighted by molar-refractivity contribution is 6.35. The first-order chi connectivity index (χ1) is 6.74. The van der Waals surface area contributed by atoms with Gasteiger partial charge in [-0.15, -0.1) is 0 Å². The molecule has 0 saturated heterocycles. The zero-order chi connectivity index (χ0) is 10.4. The summed E-state index contributed by atoms with van der Waals surface area (Å²) in [6.07, 6.45) is 0.803.